The SMILES string of the molecule is CC(C(=O)NC1CCCN(c2ccc(OC(F)F)cc2)C1=O)C1CNC1.Cl. The molecule has 1 aromatic rings. The summed E-state index contributed by atoms with van der Waals surface area (Å²) in [6.45, 7) is 1.18. The van der Waals surface area contributed by atoms with Crippen molar-refractivity contribution in [3.05, 3.63) is 24.3 Å². The van der Waals surface area contributed by atoms with Crippen molar-refractivity contribution < 1.29 is 23.1 Å². The van der Waals surface area contributed by atoms with Crippen LogP contribution in [0.15, 0.2) is 24.3 Å². The number of hydrogen-bond donors (Lipinski definition) is 2. The number of anilines is 1. The van der Waals surface area contributed by atoms with Gasteiger partial charge in [-0.15, -0.1) is 12.4 Å². The second-order valence-corrected chi connectivity index (χ2v) is 6.77. The van der Waals surface area contributed by atoms with Crippen LogP contribution in [0.25, 0.3) is 0 Å². The van der Waals surface area contributed by atoms with E-state index in [0.29, 0.717) is 24.6 Å². The molecule has 0 aliphatic carbocycles. The van der Waals surface area contributed by atoms with Crippen molar-refractivity contribution in [1.82, 2.24) is 10.6 Å². The second-order valence-electron chi connectivity index (χ2n) is 6.77. The summed E-state index contributed by atoms with van der Waals surface area (Å²) in [5, 5.41) is 6.01. The van der Waals surface area contributed by atoms with E-state index in [2.05, 4.69) is 15.4 Å². The van der Waals surface area contributed by atoms with Gasteiger partial charge < -0.3 is 20.3 Å². The van der Waals surface area contributed by atoms with E-state index < -0.39 is 12.7 Å². The Labute approximate surface area is 163 Å². The highest BCUT2D eigenvalue weighted by molar-refractivity contribution is 6.00. The maximum absolute atomic E-state index is 12.7. The van der Waals surface area contributed by atoms with Gasteiger partial charge in [-0.3, -0.25) is 9.59 Å². The average molecular weight is 404 g/mol. The van der Waals surface area contributed by atoms with Crippen molar-refractivity contribution >= 4 is 29.9 Å². The number of nitrogens with zero attached hydrogens (tertiary/aromatic N) is 1. The zero-order valence-electron chi connectivity index (χ0n) is 15.0. The Balaban J connectivity index is 0.00000261. The maximum Gasteiger partial charge on any atom is 0.387 e. The van der Waals surface area contributed by atoms with Crippen LogP contribution in [0.2, 0.25) is 0 Å². The minimum absolute atomic E-state index is 0. The first-order chi connectivity index (χ1) is 12.5. The van der Waals surface area contributed by atoms with Gasteiger partial charge in [0.2, 0.25) is 11.8 Å². The molecule has 0 aromatic heterocycles. The van der Waals surface area contributed by atoms with Crippen molar-refractivity contribution in [3.8, 4) is 5.75 Å². The van der Waals surface area contributed by atoms with Crippen LogP contribution in [0.3, 0.4) is 0 Å². The highest BCUT2D eigenvalue weighted by Gasteiger charge is 2.34. The molecule has 2 N–H and O–H groups in total. The molecule has 3 rings (SSSR count). The number of alkyl halides is 2. The molecule has 1 aromatic carbocycles. The molecule has 0 saturated carbocycles. The van der Waals surface area contributed by atoms with Crippen LogP contribution < -0.4 is 20.3 Å². The summed E-state index contributed by atoms with van der Waals surface area (Å²) in [6.07, 6.45) is 1.36. The Morgan fingerprint density at radius 1 is 1.30 bits per heavy atom. The minimum atomic E-state index is -2.88. The number of halogens is 3. The van der Waals surface area contributed by atoms with E-state index in [-0.39, 0.29) is 35.9 Å². The Hall–Kier alpha value is -1.93. The molecule has 2 unspecified atom stereocenters. The predicted molar refractivity (Wildman–Crippen MR) is 99.4 cm³/mol. The first-order valence-corrected chi connectivity index (χ1v) is 8.83. The van der Waals surface area contributed by atoms with Crippen LogP contribution in [-0.2, 0) is 9.59 Å². The number of amides is 2. The molecule has 0 bridgehead atoms. The molecule has 2 saturated heterocycles. The van der Waals surface area contributed by atoms with Gasteiger partial charge in [-0.2, -0.15) is 8.78 Å². The van der Waals surface area contributed by atoms with Crippen LogP contribution in [0.5, 0.6) is 5.75 Å². The number of hydrogen-bond acceptors (Lipinski definition) is 4. The minimum Gasteiger partial charge on any atom is -0.435 e. The molecule has 2 atom stereocenters. The smallest absolute Gasteiger partial charge is 0.387 e. The van der Waals surface area contributed by atoms with Crippen LogP contribution in [0, 0.1) is 11.8 Å². The zero-order valence-corrected chi connectivity index (χ0v) is 15.8. The second kappa shape index (κ2) is 9.32. The van der Waals surface area contributed by atoms with E-state index in [9.17, 15) is 18.4 Å². The van der Waals surface area contributed by atoms with Gasteiger partial charge >= 0.3 is 6.61 Å². The van der Waals surface area contributed by atoms with Gasteiger partial charge in [-0.1, -0.05) is 6.92 Å². The molecule has 0 spiro atoms. The third-order valence-electron chi connectivity index (χ3n) is 5.06. The third-order valence-corrected chi connectivity index (χ3v) is 5.06. The van der Waals surface area contributed by atoms with E-state index in [0.717, 1.165) is 19.5 Å². The zero-order chi connectivity index (χ0) is 18.7. The monoisotopic (exact) mass is 403 g/mol. The van der Waals surface area contributed by atoms with E-state index >= 15 is 0 Å². The number of carbonyl (C=O) groups excluding carboxylic acids is 2. The quantitative estimate of drug-likeness (QED) is 0.763. The van der Waals surface area contributed by atoms with Crippen LogP contribution in [0.4, 0.5) is 14.5 Å². The van der Waals surface area contributed by atoms with Gasteiger partial charge in [0, 0.05) is 18.2 Å². The number of piperidine rings is 1. The summed E-state index contributed by atoms with van der Waals surface area (Å²) in [7, 11) is 0. The number of nitrogens with one attached hydrogen (secondary N) is 2. The van der Waals surface area contributed by atoms with E-state index in [1.54, 1.807) is 17.0 Å². The number of ether oxygens (including phenoxy) is 1. The lowest BCUT2D eigenvalue weighted by Crippen LogP contribution is -2.56. The third kappa shape index (κ3) is 5.07. The Morgan fingerprint density at radius 3 is 2.52 bits per heavy atom. The molecule has 2 heterocycles. The van der Waals surface area contributed by atoms with Gasteiger partial charge in [0.15, 0.2) is 0 Å². The first-order valence-electron chi connectivity index (χ1n) is 8.83. The molecule has 2 aliphatic heterocycles. The molecule has 2 amide bonds. The highest BCUT2D eigenvalue weighted by atomic mass is 35.5. The normalized spacial score (nSPS) is 21.3. The van der Waals surface area contributed by atoms with Gasteiger partial charge in [-0.05, 0) is 56.1 Å². The summed E-state index contributed by atoms with van der Waals surface area (Å²) in [5.74, 6) is -0.0539. The number of carbonyl (C=O) groups is 2. The molecule has 2 aliphatic rings. The molecule has 2 fully saturated rings. The molecular weight excluding hydrogens is 380 g/mol. The summed E-state index contributed by atoms with van der Waals surface area (Å²) in [4.78, 5) is 26.7. The molecule has 6 nitrogen and oxygen atoms in total. The fourth-order valence-electron chi connectivity index (χ4n) is 3.25. The van der Waals surface area contributed by atoms with Gasteiger partial charge in [0.25, 0.3) is 0 Å². The Kier molecular flexibility index (Phi) is 7.38. The van der Waals surface area contributed by atoms with Crippen molar-refractivity contribution in [1.29, 1.82) is 0 Å². The fourth-order valence-corrected chi connectivity index (χ4v) is 3.25. The van der Waals surface area contributed by atoms with Gasteiger partial charge in [-0.25, -0.2) is 0 Å². The van der Waals surface area contributed by atoms with Crippen LogP contribution in [-0.4, -0.2) is 44.1 Å². The summed E-state index contributed by atoms with van der Waals surface area (Å²) < 4.78 is 28.8. The van der Waals surface area contributed by atoms with Crippen molar-refractivity contribution in [2.45, 2.75) is 32.4 Å². The largest absolute Gasteiger partial charge is 0.435 e. The maximum atomic E-state index is 12.7. The summed E-state index contributed by atoms with van der Waals surface area (Å²) in [6, 6.07) is 5.40. The first kappa shape index (κ1) is 21.4. The van der Waals surface area contributed by atoms with Crippen LogP contribution in [0.1, 0.15) is 19.8 Å². The van der Waals surface area contributed by atoms with Gasteiger partial charge in [0.05, 0.1) is 0 Å². The molecule has 150 valence electrons. The van der Waals surface area contributed by atoms with Crippen molar-refractivity contribution in [3.63, 3.8) is 0 Å². The standard InChI is InChI=1S/C18H23F2N3O3.ClH/c1-11(12-9-21-10-12)16(24)22-15-3-2-8-23(17(15)25)13-4-6-14(7-5-13)26-18(19)20;/h4-7,11-12,15,18,21H,2-3,8-10H2,1H3,(H,22,24);1H. The summed E-state index contributed by atoms with van der Waals surface area (Å²) >= 11 is 0. The highest BCUT2D eigenvalue weighted by Crippen LogP contribution is 2.25. The van der Waals surface area contributed by atoms with E-state index in [1.807, 2.05) is 6.92 Å². The van der Waals surface area contributed by atoms with Crippen molar-refractivity contribution in [2.75, 3.05) is 24.5 Å². The molecular formula is C18H24ClF2N3O3. The van der Waals surface area contributed by atoms with E-state index in [4.69, 9.17) is 0 Å². The van der Waals surface area contributed by atoms with Crippen LogP contribution >= 0.6 is 12.4 Å². The lowest BCUT2D eigenvalue weighted by Gasteiger charge is -2.35. The predicted octanol–water partition coefficient (Wildman–Crippen LogP) is 2.18. The number of benzene rings is 1. The molecule has 0 radical (unpaired) electrons. The lowest BCUT2D eigenvalue weighted by molar-refractivity contribution is -0.132. The van der Waals surface area contributed by atoms with E-state index in [1.165, 1.54) is 12.1 Å². The fraction of sp³-hybridized carbons (Fsp3) is 0.556. The topological polar surface area (TPSA) is 70.7 Å². The molecule has 27 heavy (non-hydrogen) atoms. The Morgan fingerprint density at radius 2 is 1.96 bits per heavy atom. The summed E-state index contributed by atoms with van der Waals surface area (Å²) in [5.41, 5.74) is 0.604. The van der Waals surface area contributed by atoms with Gasteiger partial charge in [0.1, 0.15) is 11.8 Å². The number of rotatable bonds is 6. The molecule has 9 heteroatoms. The Bertz CT molecular complexity index is 656. The lowest BCUT2D eigenvalue weighted by atomic mass is 9.88. The van der Waals surface area contributed by atoms with Crippen molar-refractivity contribution in [2.24, 2.45) is 11.8 Å². The average Bonchev–Trinajstić information content (AvgIpc) is 2.55.